The van der Waals surface area contributed by atoms with Gasteiger partial charge in [0.1, 0.15) is 6.10 Å². The van der Waals surface area contributed by atoms with Gasteiger partial charge in [0.15, 0.2) is 0 Å². The maximum atomic E-state index is 6.16. The number of ether oxygens (including phenoxy) is 2. The van der Waals surface area contributed by atoms with E-state index in [1.54, 1.807) is 6.20 Å². The van der Waals surface area contributed by atoms with Crippen LogP contribution in [0.5, 0.6) is 5.88 Å². The lowest BCUT2D eigenvalue weighted by Gasteiger charge is -2.43. The Labute approximate surface area is 155 Å². The number of hydrogen-bond acceptors (Lipinski definition) is 5. The molecule has 140 valence electrons. The summed E-state index contributed by atoms with van der Waals surface area (Å²) in [6.45, 7) is 4.95. The van der Waals surface area contributed by atoms with E-state index in [0.29, 0.717) is 11.9 Å². The number of aryl methyl sites for hydroxylation is 1. The Kier molecular flexibility index (Phi) is 4.96. The Hall–Kier alpha value is -1.92. The molecule has 2 aromatic rings. The van der Waals surface area contributed by atoms with Crippen molar-refractivity contribution in [2.75, 3.05) is 13.7 Å². The molecule has 1 aliphatic heterocycles. The third-order valence-corrected chi connectivity index (χ3v) is 5.96. The molecular weight excluding hydrogens is 328 g/mol. The third kappa shape index (κ3) is 3.35. The van der Waals surface area contributed by atoms with Gasteiger partial charge in [0.2, 0.25) is 5.88 Å². The van der Waals surface area contributed by atoms with Crippen molar-refractivity contribution in [1.82, 2.24) is 19.7 Å². The Morgan fingerprint density at radius 3 is 2.92 bits per heavy atom. The van der Waals surface area contributed by atoms with Crippen LogP contribution in [0.15, 0.2) is 36.7 Å². The molecule has 2 unspecified atom stereocenters. The van der Waals surface area contributed by atoms with Gasteiger partial charge >= 0.3 is 0 Å². The lowest BCUT2D eigenvalue weighted by Crippen LogP contribution is -2.52. The molecule has 0 N–H and O–H groups in total. The standard InChI is InChI=1S/C20H28N4O2/c1-3-24-12-8-16(22-24)15-23-13-10-20(25-2)9-7-17(14-18(20)23)26-19-6-4-5-11-21-19/h4-6,8,11-12,17-18H,3,7,9-10,13-15H2,1-2H3/t17?,18?,20-/m1/s1. The normalized spacial score (nSPS) is 28.8. The van der Waals surface area contributed by atoms with Crippen LogP contribution in [0.3, 0.4) is 0 Å². The van der Waals surface area contributed by atoms with Gasteiger partial charge in [0.05, 0.1) is 11.3 Å². The van der Waals surface area contributed by atoms with E-state index >= 15 is 0 Å². The predicted octanol–water partition coefficient (Wildman–Crippen LogP) is 2.89. The highest BCUT2D eigenvalue weighted by atomic mass is 16.5. The minimum atomic E-state index is -0.0443. The molecule has 2 fully saturated rings. The molecule has 0 bridgehead atoms. The zero-order valence-corrected chi connectivity index (χ0v) is 15.7. The molecule has 2 aromatic heterocycles. The van der Waals surface area contributed by atoms with E-state index in [9.17, 15) is 0 Å². The number of hydrogen-bond donors (Lipinski definition) is 0. The van der Waals surface area contributed by atoms with Crippen molar-refractivity contribution in [2.24, 2.45) is 0 Å². The summed E-state index contributed by atoms with van der Waals surface area (Å²) in [7, 11) is 1.86. The first-order valence-electron chi connectivity index (χ1n) is 9.61. The number of nitrogens with zero attached hydrogens (tertiary/aromatic N) is 4. The molecule has 0 spiro atoms. The summed E-state index contributed by atoms with van der Waals surface area (Å²) in [6.07, 6.45) is 8.13. The van der Waals surface area contributed by atoms with Crippen LogP contribution in [0.4, 0.5) is 0 Å². The second kappa shape index (κ2) is 7.37. The van der Waals surface area contributed by atoms with E-state index in [0.717, 1.165) is 51.0 Å². The van der Waals surface area contributed by atoms with Gasteiger partial charge in [-0.25, -0.2) is 4.98 Å². The average Bonchev–Trinajstić information content (AvgIpc) is 3.28. The molecule has 1 aliphatic carbocycles. The van der Waals surface area contributed by atoms with Crippen LogP contribution in [0.25, 0.3) is 0 Å². The van der Waals surface area contributed by atoms with E-state index in [2.05, 4.69) is 34.2 Å². The van der Waals surface area contributed by atoms with Gasteiger partial charge < -0.3 is 9.47 Å². The van der Waals surface area contributed by atoms with Crippen LogP contribution in [0, 0.1) is 0 Å². The van der Waals surface area contributed by atoms with E-state index in [1.165, 1.54) is 0 Å². The summed E-state index contributed by atoms with van der Waals surface area (Å²) in [5.74, 6) is 0.716. The van der Waals surface area contributed by atoms with Gasteiger partial charge in [-0.1, -0.05) is 6.07 Å². The lowest BCUT2D eigenvalue weighted by molar-refractivity contribution is -0.0844. The molecule has 3 atom stereocenters. The minimum absolute atomic E-state index is 0.0443. The SMILES string of the molecule is CCn1ccc(CN2CC[C@]3(OC)CCC(Oc4ccccn4)CC23)n1. The molecule has 1 saturated carbocycles. The van der Waals surface area contributed by atoms with Crippen LogP contribution in [-0.2, 0) is 17.8 Å². The van der Waals surface area contributed by atoms with Gasteiger partial charge in [-0.2, -0.15) is 5.10 Å². The highest BCUT2D eigenvalue weighted by Gasteiger charge is 2.51. The van der Waals surface area contributed by atoms with Crippen molar-refractivity contribution >= 4 is 0 Å². The van der Waals surface area contributed by atoms with Gasteiger partial charge in [-0.05, 0) is 38.3 Å². The zero-order chi connectivity index (χ0) is 18.0. The largest absolute Gasteiger partial charge is 0.474 e. The first-order valence-corrected chi connectivity index (χ1v) is 9.61. The number of fused-ring (bicyclic) bond motifs is 1. The second-order valence-electron chi connectivity index (χ2n) is 7.35. The van der Waals surface area contributed by atoms with Gasteiger partial charge in [-0.3, -0.25) is 9.58 Å². The van der Waals surface area contributed by atoms with E-state index < -0.39 is 0 Å². The van der Waals surface area contributed by atoms with Crippen molar-refractivity contribution < 1.29 is 9.47 Å². The fraction of sp³-hybridized carbons (Fsp3) is 0.600. The van der Waals surface area contributed by atoms with Gasteiger partial charge in [0, 0.05) is 57.7 Å². The smallest absolute Gasteiger partial charge is 0.213 e. The number of pyridine rings is 1. The number of rotatable bonds is 6. The Morgan fingerprint density at radius 2 is 2.19 bits per heavy atom. The topological polar surface area (TPSA) is 52.4 Å². The van der Waals surface area contributed by atoms with Crippen molar-refractivity contribution in [1.29, 1.82) is 0 Å². The molecule has 4 rings (SSSR count). The molecule has 1 saturated heterocycles. The quantitative estimate of drug-likeness (QED) is 0.797. The minimum Gasteiger partial charge on any atom is -0.474 e. The number of aromatic nitrogens is 3. The first kappa shape index (κ1) is 17.5. The second-order valence-corrected chi connectivity index (χ2v) is 7.35. The summed E-state index contributed by atoms with van der Waals surface area (Å²) < 4.78 is 14.2. The third-order valence-electron chi connectivity index (χ3n) is 5.96. The molecular formula is C20H28N4O2. The maximum absolute atomic E-state index is 6.16. The van der Waals surface area contributed by atoms with E-state index in [-0.39, 0.29) is 11.7 Å². The van der Waals surface area contributed by atoms with Gasteiger partial charge in [-0.15, -0.1) is 0 Å². The molecule has 0 aromatic carbocycles. The van der Waals surface area contributed by atoms with Crippen molar-refractivity contribution in [3.63, 3.8) is 0 Å². The maximum Gasteiger partial charge on any atom is 0.213 e. The summed E-state index contributed by atoms with van der Waals surface area (Å²) >= 11 is 0. The number of methoxy groups -OCH3 is 1. The zero-order valence-electron chi connectivity index (χ0n) is 15.7. The highest BCUT2D eigenvalue weighted by molar-refractivity contribution is 5.12. The molecule has 6 heteroatoms. The van der Waals surface area contributed by atoms with Crippen LogP contribution >= 0.6 is 0 Å². The average molecular weight is 356 g/mol. The number of likely N-dealkylation sites (tertiary alicyclic amines) is 1. The molecule has 0 radical (unpaired) electrons. The summed E-state index contributed by atoms with van der Waals surface area (Å²) in [6, 6.07) is 8.30. The van der Waals surface area contributed by atoms with Crippen LogP contribution in [0.2, 0.25) is 0 Å². The summed E-state index contributed by atoms with van der Waals surface area (Å²) in [5.41, 5.74) is 1.09. The van der Waals surface area contributed by atoms with E-state index in [4.69, 9.17) is 9.47 Å². The predicted molar refractivity (Wildman–Crippen MR) is 99.0 cm³/mol. The molecule has 26 heavy (non-hydrogen) atoms. The molecule has 0 amide bonds. The van der Waals surface area contributed by atoms with Crippen molar-refractivity contribution in [3.05, 3.63) is 42.4 Å². The molecule has 6 nitrogen and oxygen atoms in total. The summed E-state index contributed by atoms with van der Waals surface area (Å²) in [4.78, 5) is 6.84. The molecule has 3 heterocycles. The van der Waals surface area contributed by atoms with Crippen molar-refractivity contribution in [3.8, 4) is 5.88 Å². The highest BCUT2D eigenvalue weighted by Crippen LogP contribution is 2.43. The van der Waals surface area contributed by atoms with Crippen LogP contribution in [-0.4, -0.2) is 51.1 Å². The Balaban J connectivity index is 1.47. The van der Waals surface area contributed by atoms with Gasteiger partial charge in [0.25, 0.3) is 0 Å². The fourth-order valence-electron chi connectivity index (χ4n) is 4.51. The van der Waals surface area contributed by atoms with Crippen LogP contribution < -0.4 is 4.74 Å². The lowest BCUT2D eigenvalue weighted by atomic mass is 9.79. The first-order chi connectivity index (χ1) is 12.7. The molecule has 2 aliphatic rings. The fourth-order valence-corrected chi connectivity index (χ4v) is 4.51. The van der Waals surface area contributed by atoms with Crippen LogP contribution in [0.1, 0.15) is 38.3 Å². The van der Waals surface area contributed by atoms with Crippen molar-refractivity contribution in [2.45, 2.75) is 63.4 Å². The Bertz CT molecular complexity index is 720. The Morgan fingerprint density at radius 1 is 1.27 bits per heavy atom. The van der Waals surface area contributed by atoms with E-state index in [1.807, 2.05) is 30.0 Å². The summed E-state index contributed by atoms with van der Waals surface area (Å²) in [5, 5.41) is 4.66. The monoisotopic (exact) mass is 356 g/mol.